The Bertz CT molecular complexity index is 929. The molecule has 1 atom stereocenters. The van der Waals surface area contributed by atoms with Gasteiger partial charge in [-0.3, -0.25) is 0 Å². The van der Waals surface area contributed by atoms with Gasteiger partial charge in [0.2, 0.25) is 0 Å². The van der Waals surface area contributed by atoms with Gasteiger partial charge in [0, 0.05) is 31.6 Å². The largest absolute Gasteiger partial charge is 0.441 e. The van der Waals surface area contributed by atoms with E-state index in [0.29, 0.717) is 17.2 Å². The fraction of sp³-hybridized carbons (Fsp3) is 0.412. The Hall–Kier alpha value is -2.90. The van der Waals surface area contributed by atoms with Crippen molar-refractivity contribution in [2.75, 3.05) is 5.32 Å². The molecule has 0 saturated carbocycles. The Kier molecular flexibility index (Phi) is 3.87. The molecule has 3 aromatic rings. The van der Waals surface area contributed by atoms with Crippen LogP contribution in [-0.4, -0.2) is 25.8 Å². The minimum absolute atomic E-state index is 0.127. The van der Waals surface area contributed by atoms with Gasteiger partial charge in [0.15, 0.2) is 17.3 Å². The number of anilines is 1. The van der Waals surface area contributed by atoms with Gasteiger partial charge >= 0.3 is 6.03 Å². The molecule has 0 aliphatic carbocycles. The molecule has 0 bridgehead atoms. The van der Waals surface area contributed by atoms with Crippen molar-refractivity contribution in [3.05, 3.63) is 35.7 Å². The van der Waals surface area contributed by atoms with Crippen LogP contribution in [0, 0.1) is 6.92 Å². The molecular formula is C17H20N6O2. The molecule has 8 heteroatoms. The summed E-state index contributed by atoms with van der Waals surface area (Å²) < 4.78 is 7.40. The number of fused-ring (bicyclic) bond motifs is 2. The Labute approximate surface area is 144 Å². The predicted octanol–water partition coefficient (Wildman–Crippen LogP) is 2.95. The van der Waals surface area contributed by atoms with E-state index >= 15 is 0 Å². The van der Waals surface area contributed by atoms with Crippen molar-refractivity contribution in [1.29, 1.82) is 0 Å². The van der Waals surface area contributed by atoms with Gasteiger partial charge in [0.05, 0.1) is 6.04 Å². The van der Waals surface area contributed by atoms with Crippen LogP contribution in [0.5, 0.6) is 0 Å². The highest BCUT2D eigenvalue weighted by molar-refractivity contribution is 5.91. The molecule has 1 aliphatic rings. The second kappa shape index (κ2) is 6.19. The zero-order valence-electron chi connectivity index (χ0n) is 14.2. The van der Waals surface area contributed by atoms with Gasteiger partial charge in [0.25, 0.3) is 0 Å². The summed E-state index contributed by atoms with van der Waals surface area (Å²) in [5, 5.41) is 10.3. The first-order chi connectivity index (χ1) is 12.1. The number of carbonyl (C=O) groups excluding carboxylic acids is 1. The average Bonchev–Trinajstić information content (AvgIpc) is 3.17. The summed E-state index contributed by atoms with van der Waals surface area (Å²) in [4.78, 5) is 21.2. The average molecular weight is 340 g/mol. The summed E-state index contributed by atoms with van der Waals surface area (Å²) in [5.74, 6) is 2.25. The first-order valence-corrected chi connectivity index (χ1v) is 8.50. The standard InChI is InChI=1S/C17H20N6O2/c1-3-15-21-16-13(5-4-8-23(16)22-15)20-17(24)19-11-6-7-12-14(9-11)25-10(2)18-12/h6-7,9,13H,3-5,8H2,1-2H3,(H2,19,20,24)/t13-/m1/s1. The lowest BCUT2D eigenvalue weighted by Crippen LogP contribution is -2.36. The predicted molar refractivity (Wildman–Crippen MR) is 92.3 cm³/mol. The minimum Gasteiger partial charge on any atom is -0.441 e. The number of aryl methyl sites for hydroxylation is 3. The maximum absolute atomic E-state index is 12.4. The van der Waals surface area contributed by atoms with Crippen molar-refractivity contribution >= 4 is 22.8 Å². The second-order valence-corrected chi connectivity index (χ2v) is 6.17. The van der Waals surface area contributed by atoms with Crippen molar-refractivity contribution in [3.63, 3.8) is 0 Å². The maximum Gasteiger partial charge on any atom is 0.319 e. The number of nitrogens with zero attached hydrogens (tertiary/aromatic N) is 4. The first-order valence-electron chi connectivity index (χ1n) is 8.50. The summed E-state index contributed by atoms with van der Waals surface area (Å²) in [5.41, 5.74) is 2.09. The van der Waals surface area contributed by atoms with Crippen LogP contribution in [0.1, 0.15) is 43.3 Å². The van der Waals surface area contributed by atoms with Crippen LogP contribution < -0.4 is 10.6 Å². The summed E-state index contributed by atoms with van der Waals surface area (Å²) in [6, 6.07) is 5.01. The Balaban J connectivity index is 1.47. The number of rotatable bonds is 3. The van der Waals surface area contributed by atoms with E-state index in [0.717, 1.165) is 43.0 Å². The van der Waals surface area contributed by atoms with Crippen LogP contribution in [-0.2, 0) is 13.0 Å². The van der Waals surface area contributed by atoms with Crippen LogP contribution in [0.2, 0.25) is 0 Å². The Morgan fingerprint density at radius 2 is 2.28 bits per heavy atom. The third-order valence-electron chi connectivity index (χ3n) is 4.29. The quantitative estimate of drug-likeness (QED) is 0.764. The maximum atomic E-state index is 12.4. The lowest BCUT2D eigenvalue weighted by Gasteiger charge is -2.23. The van der Waals surface area contributed by atoms with Crippen LogP contribution in [0.25, 0.3) is 11.1 Å². The normalized spacial score (nSPS) is 16.6. The summed E-state index contributed by atoms with van der Waals surface area (Å²) >= 11 is 0. The summed E-state index contributed by atoms with van der Waals surface area (Å²) in [6.45, 7) is 4.67. The number of hydrogen-bond donors (Lipinski definition) is 2. The lowest BCUT2D eigenvalue weighted by molar-refractivity contribution is 0.244. The summed E-state index contributed by atoms with van der Waals surface area (Å²) in [7, 11) is 0. The molecular weight excluding hydrogens is 320 g/mol. The molecule has 0 saturated heterocycles. The molecule has 25 heavy (non-hydrogen) atoms. The smallest absolute Gasteiger partial charge is 0.319 e. The Morgan fingerprint density at radius 1 is 1.40 bits per heavy atom. The molecule has 1 aliphatic heterocycles. The number of urea groups is 1. The molecule has 2 amide bonds. The van der Waals surface area contributed by atoms with Gasteiger partial charge in [-0.1, -0.05) is 6.92 Å². The minimum atomic E-state index is -0.268. The molecule has 3 heterocycles. The second-order valence-electron chi connectivity index (χ2n) is 6.17. The van der Waals surface area contributed by atoms with Gasteiger partial charge in [-0.2, -0.15) is 5.10 Å². The van der Waals surface area contributed by atoms with Crippen LogP contribution >= 0.6 is 0 Å². The van der Waals surface area contributed by atoms with E-state index in [1.54, 1.807) is 13.0 Å². The van der Waals surface area contributed by atoms with Gasteiger partial charge in [0.1, 0.15) is 11.3 Å². The topological polar surface area (TPSA) is 97.9 Å². The SMILES string of the molecule is CCc1nc2n(n1)CCC[C@H]2NC(=O)Nc1ccc2nc(C)oc2c1. The van der Waals surface area contributed by atoms with Crippen molar-refractivity contribution in [1.82, 2.24) is 25.1 Å². The number of aromatic nitrogens is 4. The molecule has 130 valence electrons. The van der Waals surface area contributed by atoms with E-state index in [-0.39, 0.29) is 12.1 Å². The zero-order valence-corrected chi connectivity index (χ0v) is 14.2. The fourth-order valence-electron chi connectivity index (χ4n) is 3.13. The number of hydrogen-bond acceptors (Lipinski definition) is 5. The first kappa shape index (κ1) is 15.6. The molecule has 0 spiro atoms. The monoisotopic (exact) mass is 340 g/mol. The molecule has 0 unspecified atom stereocenters. The van der Waals surface area contributed by atoms with Crippen LogP contribution in [0.15, 0.2) is 22.6 Å². The Morgan fingerprint density at radius 3 is 3.12 bits per heavy atom. The zero-order chi connectivity index (χ0) is 17.4. The molecule has 0 fully saturated rings. The highest BCUT2D eigenvalue weighted by Gasteiger charge is 2.25. The van der Waals surface area contributed by atoms with E-state index in [4.69, 9.17) is 4.42 Å². The highest BCUT2D eigenvalue weighted by atomic mass is 16.3. The molecule has 2 aromatic heterocycles. The van der Waals surface area contributed by atoms with Gasteiger partial charge in [-0.15, -0.1) is 0 Å². The van der Waals surface area contributed by atoms with E-state index in [2.05, 4.69) is 25.7 Å². The van der Waals surface area contributed by atoms with Gasteiger partial charge in [-0.05, 0) is 25.0 Å². The van der Waals surface area contributed by atoms with Gasteiger partial charge < -0.3 is 15.1 Å². The van der Waals surface area contributed by atoms with E-state index in [9.17, 15) is 4.79 Å². The van der Waals surface area contributed by atoms with Crippen molar-refractivity contribution < 1.29 is 9.21 Å². The van der Waals surface area contributed by atoms with E-state index < -0.39 is 0 Å². The molecule has 1 aromatic carbocycles. The fourth-order valence-corrected chi connectivity index (χ4v) is 3.13. The highest BCUT2D eigenvalue weighted by Crippen LogP contribution is 2.24. The van der Waals surface area contributed by atoms with Crippen LogP contribution in [0.3, 0.4) is 0 Å². The number of amides is 2. The lowest BCUT2D eigenvalue weighted by atomic mass is 10.1. The van der Waals surface area contributed by atoms with Crippen molar-refractivity contribution in [2.45, 2.75) is 45.7 Å². The summed E-state index contributed by atoms with van der Waals surface area (Å²) in [6.07, 6.45) is 2.61. The van der Waals surface area contributed by atoms with Crippen molar-refractivity contribution in [3.8, 4) is 0 Å². The molecule has 0 radical (unpaired) electrons. The van der Waals surface area contributed by atoms with Crippen LogP contribution in [0.4, 0.5) is 10.5 Å². The third-order valence-corrected chi connectivity index (χ3v) is 4.29. The van der Waals surface area contributed by atoms with E-state index in [1.807, 2.05) is 23.7 Å². The van der Waals surface area contributed by atoms with E-state index in [1.165, 1.54) is 0 Å². The molecule has 8 nitrogen and oxygen atoms in total. The number of carbonyl (C=O) groups is 1. The number of benzene rings is 1. The number of oxazole rings is 1. The molecule has 4 rings (SSSR count). The third kappa shape index (κ3) is 3.07. The van der Waals surface area contributed by atoms with Gasteiger partial charge in [-0.25, -0.2) is 19.4 Å². The van der Waals surface area contributed by atoms with Crippen molar-refractivity contribution in [2.24, 2.45) is 0 Å². The number of nitrogens with one attached hydrogen (secondary N) is 2. The molecule has 2 N–H and O–H groups in total.